The molecule has 0 unspecified atom stereocenters. The molecule has 1 aromatic heterocycles. The molecule has 0 aliphatic carbocycles. The molecule has 0 aliphatic rings. The van der Waals surface area contributed by atoms with Gasteiger partial charge in [-0.3, -0.25) is 0 Å². The van der Waals surface area contributed by atoms with Crippen LogP contribution in [0.2, 0.25) is 10.0 Å². The Hall–Kier alpha value is -1.97. The van der Waals surface area contributed by atoms with Crippen LogP contribution in [0.25, 0.3) is 0 Å². The first-order chi connectivity index (χ1) is 15.8. The van der Waals surface area contributed by atoms with Gasteiger partial charge >= 0.3 is 0 Å². The van der Waals surface area contributed by atoms with Crippen molar-refractivity contribution in [3.63, 3.8) is 0 Å². The minimum absolute atomic E-state index is 0. The second kappa shape index (κ2) is 11.4. The van der Waals surface area contributed by atoms with E-state index < -0.39 is 0 Å². The van der Waals surface area contributed by atoms with Crippen LogP contribution in [-0.4, -0.2) is 16.4 Å². The molecule has 0 N–H and O–H groups in total. The Labute approximate surface area is 230 Å². The summed E-state index contributed by atoms with van der Waals surface area (Å²) in [4.78, 5) is 14.7. The van der Waals surface area contributed by atoms with Gasteiger partial charge in [-0.25, -0.2) is 15.0 Å². The van der Waals surface area contributed by atoms with E-state index in [2.05, 4.69) is 53.7 Å². The van der Waals surface area contributed by atoms with Gasteiger partial charge in [0.15, 0.2) is 0 Å². The number of pyridine rings is 1. The van der Waals surface area contributed by atoms with Crippen molar-refractivity contribution in [2.45, 2.75) is 66.2 Å². The van der Waals surface area contributed by atoms with Crippen LogP contribution in [0.1, 0.15) is 77.9 Å². The monoisotopic (exact) mass is 549 g/mol. The number of halogens is 2. The van der Waals surface area contributed by atoms with E-state index in [4.69, 9.17) is 38.2 Å². The van der Waals surface area contributed by atoms with Crippen molar-refractivity contribution < 1.29 is 17.1 Å². The van der Waals surface area contributed by atoms with Crippen molar-refractivity contribution >= 4 is 46.0 Å². The molecule has 0 saturated heterocycles. The van der Waals surface area contributed by atoms with Crippen LogP contribution in [0.15, 0.2) is 64.6 Å². The molecule has 3 rings (SSSR count). The van der Waals surface area contributed by atoms with E-state index >= 15 is 0 Å². The second-order valence-electron chi connectivity index (χ2n) is 10.6. The second-order valence-corrected chi connectivity index (χ2v) is 11.4. The number of nitrogens with zero attached hydrogens (tertiary/aromatic N) is 3. The van der Waals surface area contributed by atoms with Gasteiger partial charge in [0.05, 0.1) is 44.2 Å². The Morgan fingerprint density at radius 2 is 0.971 bits per heavy atom. The van der Waals surface area contributed by atoms with Gasteiger partial charge in [0.1, 0.15) is 0 Å². The molecule has 6 heteroatoms. The third-order valence-corrected chi connectivity index (χ3v) is 6.25. The smallest absolute Gasteiger partial charge is 0.0857 e. The molecule has 0 atom stereocenters. The van der Waals surface area contributed by atoms with E-state index in [1.165, 1.54) is 0 Å². The van der Waals surface area contributed by atoms with Crippen LogP contribution in [0.5, 0.6) is 0 Å². The molecule has 35 heavy (non-hydrogen) atoms. The summed E-state index contributed by atoms with van der Waals surface area (Å²) < 4.78 is 0. The number of hydrogen-bond donors (Lipinski definition) is 0. The normalized spacial score (nSPS) is 13.0. The summed E-state index contributed by atoms with van der Waals surface area (Å²) in [6, 6.07) is 17.7. The number of hydrogen-bond acceptors (Lipinski definition) is 3. The van der Waals surface area contributed by atoms with E-state index in [0.717, 1.165) is 45.3 Å². The van der Waals surface area contributed by atoms with E-state index in [-0.39, 0.29) is 27.9 Å². The maximum Gasteiger partial charge on any atom is 0.0857 e. The molecule has 1 heterocycles. The molecule has 0 radical (unpaired) electrons. The SMILES string of the molecule is CC(=Nc1c(Cl)cccc1C(C)(C)C)c1cccc(C(C)=Nc2c(Cl)cccc2C(C)(C)C)n1.[Fe]. The average Bonchev–Trinajstić information content (AvgIpc) is 2.75. The van der Waals surface area contributed by atoms with E-state index in [0.29, 0.717) is 10.0 Å². The van der Waals surface area contributed by atoms with Crippen molar-refractivity contribution in [1.82, 2.24) is 4.98 Å². The van der Waals surface area contributed by atoms with Crippen LogP contribution < -0.4 is 0 Å². The number of aliphatic imine (C=N–C) groups is 2. The zero-order valence-corrected chi connectivity index (χ0v) is 24.3. The fraction of sp³-hybridized carbons (Fsp3) is 0.345. The van der Waals surface area contributed by atoms with E-state index in [1.54, 1.807) is 0 Å². The van der Waals surface area contributed by atoms with E-state index in [1.807, 2.05) is 56.3 Å². The largest absolute Gasteiger partial charge is 0.250 e. The summed E-state index contributed by atoms with van der Waals surface area (Å²) in [5, 5.41) is 1.27. The Bertz CT molecular complexity index is 1170. The molecule has 2 aromatic carbocycles. The molecule has 186 valence electrons. The molecular formula is C29H33Cl2FeN3. The van der Waals surface area contributed by atoms with Gasteiger partial charge in [-0.05, 0) is 60.1 Å². The summed E-state index contributed by atoms with van der Waals surface area (Å²) in [6.45, 7) is 16.9. The fourth-order valence-corrected chi connectivity index (χ4v) is 4.19. The fourth-order valence-electron chi connectivity index (χ4n) is 3.76. The first-order valence-electron chi connectivity index (χ1n) is 11.5. The maximum atomic E-state index is 6.55. The Balaban J connectivity index is 0.00000432. The van der Waals surface area contributed by atoms with Gasteiger partial charge in [-0.15, -0.1) is 0 Å². The van der Waals surface area contributed by atoms with Crippen molar-refractivity contribution in [3.05, 3.63) is 87.2 Å². The quantitative estimate of drug-likeness (QED) is 0.236. The molecular weight excluding hydrogens is 517 g/mol. The number of rotatable bonds is 4. The van der Waals surface area contributed by atoms with Crippen LogP contribution in [-0.2, 0) is 27.9 Å². The van der Waals surface area contributed by atoms with Crippen LogP contribution in [0, 0.1) is 0 Å². The van der Waals surface area contributed by atoms with Crippen molar-refractivity contribution in [1.29, 1.82) is 0 Å². The molecule has 3 aromatic rings. The molecule has 0 fully saturated rings. The Kier molecular flexibility index (Phi) is 9.52. The third kappa shape index (κ3) is 7.05. The van der Waals surface area contributed by atoms with Crippen molar-refractivity contribution in [2.75, 3.05) is 0 Å². The Morgan fingerprint density at radius 1 is 0.629 bits per heavy atom. The van der Waals surface area contributed by atoms with Crippen LogP contribution in [0.4, 0.5) is 11.4 Å². The van der Waals surface area contributed by atoms with Gasteiger partial charge in [0.2, 0.25) is 0 Å². The molecule has 3 nitrogen and oxygen atoms in total. The molecule has 0 spiro atoms. The van der Waals surface area contributed by atoms with Gasteiger partial charge in [0, 0.05) is 17.1 Å². The van der Waals surface area contributed by atoms with Gasteiger partial charge in [0.25, 0.3) is 0 Å². The predicted molar refractivity (Wildman–Crippen MR) is 148 cm³/mol. The average molecular weight is 550 g/mol. The first kappa shape index (κ1) is 29.3. The standard InChI is InChI=1S/C29H33Cl2N3.Fe/c1-18(32-26-20(28(3,4)5)12-9-14-22(26)30)24-16-11-17-25(34-24)19(2)33-27-21(29(6,7)8)13-10-15-23(27)31;/h9-17H,1-8H3;. The molecule has 0 bridgehead atoms. The van der Waals surface area contributed by atoms with Crippen molar-refractivity contribution in [3.8, 4) is 0 Å². The van der Waals surface area contributed by atoms with Gasteiger partial charge in [-0.1, -0.05) is 95.1 Å². The third-order valence-electron chi connectivity index (χ3n) is 5.64. The summed E-state index contributed by atoms with van der Waals surface area (Å²) in [7, 11) is 0. The summed E-state index contributed by atoms with van der Waals surface area (Å²) in [5.41, 5.74) is 6.76. The zero-order valence-electron chi connectivity index (χ0n) is 21.6. The minimum Gasteiger partial charge on any atom is -0.250 e. The number of para-hydroxylation sites is 2. The molecule has 0 amide bonds. The van der Waals surface area contributed by atoms with E-state index in [9.17, 15) is 0 Å². The summed E-state index contributed by atoms with van der Waals surface area (Å²) in [6.07, 6.45) is 0. The summed E-state index contributed by atoms with van der Waals surface area (Å²) in [5.74, 6) is 0. The Morgan fingerprint density at radius 3 is 1.31 bits per heavy atom. The first-order valence-corrected chi connectivity index (χ1v) is 12.2. The zero-order chi connectivity index (χ0) is 25.3. The topological polar surface area (TPSA) is 37.6 Å². The maximum absolute atomic E-state index is 6.55. The predicted octanol–water partition coefficient (Wildman–Crippen LogP) is 9.26. The van der Waals surface area contributed by atoms with Gasteiger partial charge < -0.3 is 0 Å². The molecule has 0 saturated carbocycles. The number of benzene rings is 2. The van der Waals surface area contributed by atoms with Gasteiger partial charge in [-0.2, -0.15) is 0 Å². The minimum atomic E-state index is -0.0811. The number of aromatic nitrogens is 1. The van der Waals surface area contributed by atoms with Crippen LogP contribution >= 0.6 is 23.2 Å². The molecule has 0 aliphatic heterocycles. The van der Waals surface area contributed by atoms with Crippen molar-refractivity contribution in [2.24, 2.45) is 9.98 Å². The summed E-state index contributed by atoms with van der Waals surface area (Å²) >= 11 is 13.1. The van der Waals surface area contributed by atoms with Crippen LogP contribution in [0.3, 0.4) is 0 Å².